The van der Waals surface area contributed by atoms with E-state index < -0.39 is 5.54 Å². The topological polar surface area (TPSA) is 58.2 Å². The molecule has 1 aliphatic heterocycles. The molecule has 1 spiro atoms. The van der Waals surface area contributed by atoms with Crippen LogP contribution < -0.4 is 10.6 Å². The van der Waals surface area contributed by atoms with Crippen molar-refractivity contribution < 1.29 is 9.59 Å². The molecule has 3 atom stereocenters. The minimum Gasteiger partial charge on any atom is -0.344 e. The molecule has 5 rings (SSSR count). The predicted molar refractivity (Wildman–Crippen MR) is 105 cm³/mol. The van der Waals surface area contributed by atoms with Gasteiger partial charge in [0.05, 0.1) is 11.6 Å². The van der Waals surface area contributed by atoms with Crippen molar-refractivity contribution in [3.05, 3.63) is 93.2 Å². The molecule has 1 unspecified atom stereocenters. The van der Waals surface area contributed by atoms with E-state index in [9.17, 15) is 9.59 Å². The second-order valence-corrected chi connectivity index (χ2v) is 8.06. The van der Waals surface area contributed by atoms with Crippen LogP contribution in [0.15, 0.2) is 66.0 Å². The normalized spacial score (nSPS) is 25.1. The summed E-state index contributed by atoms with van der Waals surface area (Å²) in [5.41, 5.74) is 2.86. The second-order valence-electron chi connectivity index (χ2n) is 7.11. The van der Waals surface area contributed by atoms with E-state index in [1.807, 2.05) is 60.0 Å². The summed E-state index contributed by atoms with van der Waals surface area (Å²) < 4.78 is 0. The average molecular weight is 374 g/mol. The lowest BCUT2D eigenvalue weighted by Gasteiger charge is -2.33. The number of nitrogens with one attached hydrogen (secondary N) is 2. The number of rotatable bonds is 2. The monoisotopic (exact) mass is 374 g/mol. The van der Waals surface area contributed by atoms with Crippen LogP contribution in [0.5, 0.6) is 0 Å². The molecule has 134 valence electrons. The van der Waals surface area contributed by atoms with Gasteiger partial charge in [0.15, 0.2) is 0 Å². The zero-order valence-electron chi connectivity index (χ0n) is 14.7. The van der Waals surface area contributed by atoms with Crippen LogP contribution in [0.25, 0.3) is 0 Å². The quantitative estimate of drug-likeness (QED) is 0.716. The van der Waals surface area contributed by atoms with E-state index in [2.05, 4.69) is 23.6 Å². The van der Waals surface area contributed by atoms with Gasteiger partial charge in [0, 0.05) is 21.9 Å². The van der Waals surface area contributed by atoms with Gasteiger partial charge in [-0.25, -0.2) is 0 Å². The van der Waals surface area contributed by atoms with Crippen LogP contribution in [0.4, 0.5) is 0 Å². The summed E-state index contributed by atoms with van der Waals surface area (Å²) in [5, 5.41) is 8.49. The van der Waals surface area contributed by atoms with Crippen LogP contribution in [0.1, 0.15) is 49.7 Å². The third-order valence-corrected chi connectivity index (χ3v) is 6.82. The van der Waals surface area contributed by atoms with Gasteiger partial charge in [-0.15, -0.1) is 11.3 Å². The summed E-state index contributed by atoms with van der Waals surface area (Å²) in [5.74, 6) is -0.147. The molecule has 4 nitrogen and oxygen atoms in total. The second kappa shape index (κ2) is 5.79. The first-order chi connectivity index (χ1) is 13.1. The molecule has 2 aromatic carbocycles. The van der Waals surface area contributed by atoms with Crippen LogP contribution in [0, 0.1) is 5.92 Å². The molecule has 27 heavy (non-hydrogen) atoms. The molecule has 1 aliphatic carbocycles. The summed E-state index contributed by atoms with van der Waals surface area (Å²) in [6.07, 6.45) is 0. The van der Waals surface area contributed by atoms with Crippen molar-refractivity contribution in [2.75, 3.05) is 0 Å². The van der Waals surface area contributed by atoms with E-state index in [0.29, 0.717) is 5.56 Å². The van der Waals surface area contributed by atoms with Crippen molar-refractivity contribution >= 4 is 23.2 Å². The summed E-state index contributed by atoms with van der Waals surface area (Å²) in [7, 11) is 0. The molecule has 0 saturated heterocycles. The molecule has 3 aromatic rings. The molecular formula is C22H18N2O2S. The van der Waals surface area contributed by atoms with E-state index in [1.165, 1.54) is 0 Å². The fourth-order valence-electron chi connectivity index (χ4n) is 4.52. The molecule has 0 bridgehead atoms. The van der Waals surface area contributed by atoms with Gasteiger partial charge in [0.25, 0.3) is 11.8 Å². The minimum absolute atomic E-state index is 0.000197. The Morgan fingerprint density at radius 1 is 1.04 bits per heavy atom. The van der Waals surface area contributed by atoms with Crippen LogP contribution in [-0.2, 0) is 5.54 Å². The van der Waals surface area contributed by atoms with Crippen LogP contribution in [-0.4, -0.2) is 11.8 Å². The molecule has 1 aromatic heterocycles. The average Bonchev–Trinajstić information content (AvgIpc) is 3.35. The fourth-order valence-corrected chi connectivity index (χ4v) is 5.64. The Bertz CT molecular complexity index is 1060. The van der Waals surface area contributed by atoms with Crippen molar-refractivity contribution in [3.63, 3.8) is 0 Å². The van der Waals surface area contributed by atoms with Crippen LogP contribution in [0.2, 0.25) is 0 Å². The van der Waals surface area contributed by atoms with Crippen molar-refractivity contribution in [1.82, 2.24) is 10.6 Å². The van der Waals surface area contributed by atoms with E-state index in [-0.39, 0.29) is 23.8 Å². The van der Waals surface area contributed by atoms with Gasteiger partial charge in [0.2, 0.25) is 0 Å². The Morgan fingerprint density at radius 2 is 1.78 bits per heavy atom. The van der Waals surface area contributed by atoms with Crippen molar-refractivity contribution in [3.8, 4) is 0 Å². The zero-order chi connectivity index (χ0) is 18.6. The largest absolute Gasteiger partial charge is 0.344 e. The SMILES string of the molecule is C[C@@H]1C(NC(=O)c2ccccc2)c2sccc2[C@]12NC(=O)c1ccccc12. The number of carbonyl (C=O) groups excluding carboxylic acids is 2. The number of hydrogen-bond donors (Lipinski definition) is 2. The van der Waals surface area contributed by atoms with Gasteiger partial charge >= 0.3 is 0 Å². The third kappa shape index (κ3) is 2.15. The van der Waals surface area contributed by atoms with Gasteiger partial charge in [-0.3, -0.25) is 9.59 Å². The molecule has 2 amide bonds. The highest BCUT2D eigenvalue weighted by molar-refractivity contribution is 7.10. The number of thiophene rings is 1. The molecule has 2 heterocycles. The Labute approximate surface area is 161 Å². The molecular weight excluding hydrogens is 356 g/mol. The maximum absolute atomic E-state index is 12.8. The Balaban J connectivity index is 1.58. The van der Waals surface area contributed by atoms with E-state index >= 15 is 0 Å². The third-order valence-electron chi connectivity index (χ3n) is 5.82. The van der Waals surface area contributed by atoms with Gasteiger partial charge in [-0.2, -0.15) is 0 Å². The first kappa shape index (κ1) is 16.3. The van der Waals surface area contributed by atoms with Crippen molar-refractivity contribution in [1.29, 1.82) is 0 Å². The Morgan fingerprint density at radius 3 is 2.59 bits per heavy atom. The zero-order valence-corrected chi connectivity index (χ0v) is 15.5. The summed E-state index contributed by atoms with van der Waals surface area (Å²) in [6, 6.07) is 18.9. The first-order valence-corrected chi connectivity index (χ1v) is 9.86. The molecule has 5 heteroatoms. The maximum Gasteiger partial charge on any atom is 0.252 e. The molecule has 0 radical (unpaired) electrons. The number of benzene rings is 2. The summed E-state index contributed by atoms with van der Waals surface area (Å²) in [4.78, 5) is 26.6. The van der Waals surface area contributed by atoms with Gasteiger partial charge in [0.1, 0.15) is 0 Å². The highest BCUT2D eigenvalue weighted by Gasteiger charge is 2.57. The highest BCUT2D eigenvalue weighted by Crippen LogP contribution is 2.56. The lowest BCUT2D eigenvalue weighted by atomic mass is 9.78. The molecule has 2 aliphatic rings. The first-order valence-electron chi connectivity index (χ1n) is 8.98. The van der Waals surface area contributed by atoms with Crippen LogP contribution in [0.3, 0.4) is 0 Å². The number of hydrogen-bond acceptors (Lipinski definition) is 3. The summed E-state index contributed by atoms with van der Waals surface area (Å²) in [6.45, 7) is 2.10. The van der Waals surface area contributed by atoms with Gasteiger partial charge in [-0.1, -0.05) is 43.3 Å². The summed E-state index contributed by atoms with van der Waals surface area (Å²) >= 11 is 1.63. The smallest absolute Gasteiger partial charge is 0.252 e. The van der Waals surface area contributed by atoms with Crippen molar-refractivity contribution in [2.45, 2.75) is 18.5 Å². The molecule has 2 N–H and O–H groups in total. The minimum atomic E-state index is -0.586. The number of fused-ring (bicyclic) bond motifs is 4. The predicted octanol–water partition coefficient (Wildman–Crippen LogP) is 3.86. The highest BCUT2D eigenvalue weighted by atomic mass is 32.1. The number of amides is 2. The van der Waals surface area contributed by atoms with Crippen molar-refractivity contribution in [2.24, 2.45) is 5.92 Å². The van der Waals surface area contributed by atoms with Crippen LogP contribution >= 0.6 is 11.3 Å². The standard InChI is InChI=1S/C22H18N2O2S/c1-13-18(23-20(25)14-7-3-2-4-8-14)19-17(11-12-27-19)22(13)16-10-6-5-9-15(16)21(26)24-22/h2-13,18H,1H3,(H,23,25)(H,24,26)/t13-,18?,22+/m1/s1. The lowest BCUT2D eigenvalue weighted by molar-refractivity contribution is 0.0896. The number of carbonyl (C=O) groups is 2. The van der Waals surface area contributed by atoms with E-state index in [1.54, 1.807) is 11.3 Å². The molecule has 0 fully saturated rings. The van der Waals surface area contributed by atoms with E-state index in [0.717, 1.165) is 21.6 Å². The van der Waals surface area contributed by atoms with E-state index in [4.69, 9.17) is 0 Å². The fraction of sp³-hybridized carbons (Fsp3) is 0.182. The van der Waals surface area contributed by atoms with Gasteiger partial charge in [-0.05, 0) is 40.8 Å². The van der Waals surface area contributed by atoms with Gasteiger partial charge < -0.3 is 10.6 Å². The Hall–Kier alpha value is -2.92. The maximum atomic E-state index is 12.8. The Kier molecular flexibility index (Phi) is 3.49. The molecule has 0 saturated carbocycles. The lowest BCUT2D eigenvalue weighted by Crippen LogP contribution is -2.46.